The van der Waals surface area contributed by atoms with Gasteiger partial charge in [-0.2, -0.15) is 0 Å². The van der Waals surface area contributed by atoms with Gasteiger partial charge in [-0.05, 0) is 25.0 Å². The summed E-state index contributed by atoms with van der Waals surface area (Å²) >= 11 is 0. The largest absolute Gasteiger partial charge is 0.409 e. The van der Waals surface area contributed by atoms with Crippen LogP contribution in [0.1, 0.15) is 19.3 Å². The second-order valence-corrected chi connectivity index (χ2v) is 3.34. The van der Waals surface area contributed by atoms with Crippen LogP contribution in [0.2, 0.25) is 0 Å². The Bertz CT molecular complexity index is 298. The van der Waals surface area contributed by atoms with Crippen molar-refractivity contribution in [2.24, 2.45) is 10.9 Å². The van der Waals surface area contributed by atoms with E-state index in [2.05, 4.69) is 10.5 Å². The fourth-order valence-corrected chi connectivity index (χ4v) is 1.27. The van der Waals surface area contributed by atoms with E-state index in [1.54, 1.807) is 0 Å². The standard InChI is InChI=1S/C11H17N3O/c12-11(14-15)8-4-5-9-13-10-6-2-1-3-7-10/h1-3,6-7,13,15H,4-5,8-9H2,(H2,12,14). The van der Waals surface area contributed by atoms with Crippen molar-refractivity contribution in [1.29, 1.82) is 0 Å². The Labute approximate surface area is 89.8 Å². The van der Waals surface area contributed by atoms with Gasteiger partial charge in [0, 0.05) is 18.7 Å². The summed E-state index contributed by atoms with van der Waals surface area (Å²) in [7, 11) is 0. The Morgan fingerprint density at radius 1 is 1.27 bits per heavy atom. The van der Waals surface area contributed by atoms with Crippen molar-refractivity contribution >= 4 is 11.5 Å². The molecule has 1 aromatic carbocycles. The number of oxime groups is 1. The Balaban J connectivity index is 2.08. The third kappa shape index (κ3) is 4.90. The van der Waals surface area contributed by atoms with E-state index in [-0.39, 0.29) is 0 Å². The lowest BCUT2D eigenvalue weighted by atomic mass is 10.2. The van der Waals surface area contributed by atoms with Crippen LogP contribution < -0.4 is 11.1 Å². The molecule has 0 aliphatic heterocycles. The van der Waals surface area contributed by atoms with E-state index in [1.807, 2.05) is 30.3 Å². The van der Waals surface area contributed by atoms with E-state index in [9.17, 15) is 0 Å². The second kappa shape index (κ2) is 6.70. The molecule has 0 unspecified atom stereocenters. The molecule has 4 N–H and O–H groups in total. The smallest absolute Gasteiger partial charge is 0.139 e. The highest BCUT2D eigenvalue weighted by Gasteiger charge is 1.94. The Hall–Kier alpha value is -1.71. The van der Waals surface area contributed by atoms with Gasteiger partial charge in [-0.1, -0.05) is 23.4 Å². The molecule has 4 heteroatoms. The Kier molecular flexibility index (Phi) is 5.08. The van der Waals surface area contributed by atoms with Crippen LogP contribution in [-0.4, -0.2) is 17.6 Å². The minimum absolute atomic E-state index is 0.301. The molecule has 0 atom stereocenters. The van der Waals surface area contributed by atoms with Crippen LogP contribution in [0.4, 0.5) is 5.69 Å². The van der Waals surface area contributed by atoms with Crippen LogP contribution >= 0.6 is 0 Å². The quantitative estimate of drug-likeness (QED) is 0.220. The Morgan fingerprint density at radius 2 is 2.00 bits per heavy atom. The third-order valence-electron chi connectivity index (χ3n) is 2.09. The van der Waals surface area contributed by atoms with Gasteiger partial charge in [0.1, 0.15) is 5.84 Å². The maximum Gasteiger partial charge on any atom is 0.139 e. The lowest BCUT2D eigenvalue weighted by Gasteiger charge is -2.05. The van der Waals surface area contributed by atoms with Gasteiger partial charge in [0.15, 0.2) is 0 Å². The molecule has 4 nitrogen and oxygen atoms in total. The maximum absolute atomic E-state index is 8.32. The van der Waals surface area contributed by atoms with Crippen molar-refractivity contribution in [3.05, 3.63) is 30.3 Å². The Morgan fingerprint density at radius 3 is 2.67 bits per heavy atom. The van der Waals surface area contributed by atoms with Crippen LogP contribution in [0.15, 0.2) is 35.5 Å². The van der Waals surface area contributed by atoms with Gasteiger partial charge in [-0.25, -0.2) is 0 Å². The fourth-order valence-electron chi connectivity index (χ4n) is 1.27. The average molecular weight is 207 g/mol. The predicted molar refractivity (Wildman–Crippen MR) is 62.2 cm³/mol. The van der Waals surface area contributed by atoms with E-state index >= 15 is 0 Å². The molecule has 0 amide bonds. The molecule has 0 bridgehead atoms. The van der Waals surface area contributed by atoms with Crippen LogP contribution in [0, 0.1) is 0 Å². The highest BCUT2D eigenvalue weighted by Crippen LogP contribution is 2.05. The number of hydrogen-bond acceptors (Lipinski definition) is 3. The fraction of sp³-hybridized carbons (Fsp3) is 0.364. The van der Waals surface area contributed by atoms with Crippen LogP contribution in [-0.2, 0) is 0 Å². The molecule has 0 aliphatic carbocycles. The molecule has 1 aromatic rings. The molecule has 0 fully saturated rings. The molecular formula is C11H17N3O. The van der Waals surface area contributed by atoms with Gasteiger partial charge in [-0.3, -0.25) is 0 Å². The van der Waals surface area contributed by atoms with Crippen LogP contribution in [0.5, 0.6) is 0 Å². The van der Waals surface area contributed by atoms with Crippen molar-refractivity contribution in [2.45, 2.75) is 19.3 Å². The number of rotatable bonds is 6. The number of nitrogens with two attached hydrogens (primary N) is 1. The van der Waals surface area contributed by atoms with Crippen molar-refractivity contribution in [1.82, 2.24) is 0 Å². The van der Waals surface area contributed by atoms with E-state index in [0.717, 1.165) is 25.1 Å². The van der Waals surface area contributed by atoms with Gasteiger partial charge < -0.3 is 16.3 Å². The van der Waals surface area contributed by atoms with E-state index in [1.165, 1.54) is 0 Å². The first-order chi connectivity index (χ1) is 7.33. The van der Waals surface area contributed by atoms with Crippen molar-refractivity contribution in [2.75, 3.05) is 11.9 Å². The summed E-state index contributed by atoms with van der Waals surface area (Å²) in [6.45, 7) is 0.905. The minimum Gasteiger partial charge on any atom is -0.409 e. The zero-order valence-electron chi connectivity index (χ0n) is 8.69. The molecule has 0 heterocycles. The summed E-state index contributed by atoms with van der Waals surface area (Å²) in [6.07, 6.45) is 2.58. The van der Waals surface area contributed by atoms with E-state index in [4.69, 9.17) is 10.9 Å². The average Bonchev–Trinajstić information content (AvgIpc) is 2.29. The number of para-hydroxylation sites is 1. The van der Waals surface area contributed by atoms with Crippen molar-refractivity contribution in [3.63, 3.8) is 0 Å². The van der Waals surface area contributed by atoms with Gasteiger partial charge in [-0.15, -0.1) is 0 Å². The number of hydrogen-bond donors (Lipinski definition) is 3. The second-order valence-electron chi connectivity index (χ2n) is 3.34. The number of benzene rings is 1. The number of nitrogens with one attached hydrogen (secondary N) is 1. The molecule has 0 aliphatic rings. The first kappa shape index (κ1) is 11.4. The van der Waals surface area contributed by atoms with Crippen molar-refractivity contribution < 1.29 is 5.21 Å². The number of unbranched alkanes of at least 4 members (excludes halogenated alkanes) is 1. The monoisotopic (exact) mass is 207 g/mol. The van der Waals surface area contributed by atoms with Gasteiger partial charge in [0.2, 0.25) is 0 Å². The molecule has 0 radical (unpaired) electrons. The molecule has 82 valence electrons. The lowest BCUT2D eigenvalue weighted by molar-refractivity contribution is 0.316. The minimum atomic E-state index is 0.301. The first-order valence-corrected chi connectivity index (χ1v) is 5.08. The zero-order valence-corrected chi connectivity index (χ0v) is 8.69. The van der Waals surface area contributed by atoms with Gasteiger partial charge in [0.05, 0.1) is 0 Å². The molecule has 0 aromatic heterocycles. The molecule has 0 saturated carbocycles. The summed E-state index contributed by atoms with van der Waals surface area (Å²) in [5, 5.41) is 14.5. The highest BCUT2D eigenvalue weighted by atomic mass is 16.4. The van der Waals surface area contributed by atoms with Crippen LogP contribution in [0.3, 0.4) is 0 Å². The van der Waals surface area contributed by atoms with Gasteiger partial charge in [0.25, 0.3) is 0 Å². The summed E-state index contributed by atoms with van der Waals surface area (Å²) in [6, 6.07) is 10.0. The maximum atomic E-state index is 8.32. The van der Waals surface area contributed by atoms with Crippen molar-refractivity contribution in [3.8, 4) is 0 Å². The molecule has 15 heavy (non-hydrogen) atoms. The molecule has 1 rings (SSSR count). The normalized spacial score (nSPS) is 11.3. The summed E-state index contributed by atoms with van der Waals surface area (Å²) < 4.78 is 0. The number of amidine groups is 1. The highest BCUT2D eigenvalue weighted by molar-refractivity contribution is 5.79. The third-order valence-corrected chi connectivity index (χ3v) is 2.09. The number of nitrogens with zero attached hydrogens (tertiary/aromatic N) is 1. The van der Waals surface area contributed by atoms with E-state index in [0.29, 0.717) is 12.3 Å². The van der Waals surface area contributed by atoms with Crippen LogP contribution in [0.25, 0.3) is 0 Å². The zero-order chi connectivity index (χ0) is 10.9. The lowest BCUT2D eigenvalue weighted by Crippen LogP contribution is -2.11. The van der Waals surface area contributed by atoms with E-state index < -0.39 is 0 Å². The summed E-state index contributed by atoms with van der Waals surface area (Å²) in [5.41, 5.74) is 6.47. The topological polar surface area (TPSA) is 70.6 Å². The molecule has 0 saturated heterocycles. The molecular weight excluding hydrogens is 190 g/mol. The predicted octanol–water partition coefficient (Wildman–Crippen LogP) is 2.02. The number of anilines is 1. The first-order valence-electron chi connectivity index (χ1n) is 5.08. The molecule has 0 spiro atoms. The summed E-state index contributed by atoms with van der Waals surface area (Å²) in [4.78, 5) is 0. The SMILES string of the molecule is NC(CCCCNc1ccccc1)=NO. The van der Waals surface area contributed by atoms with Gasteiger partial charge >= 0.3 is 0 Å². The summed E-state index contributed by atoms with van der Waals surface area (Å²) in [5.74, 6) is 0.301.